The van der Waals surface area contributed by atoms with Crippen molar-refractivity contribution in [3.05, 3.63) is 71.0 Å². The van der Waals surface area contributed by atoms with Crippen molar-refractivity contribution >= 4 is 43.3 Å². The van der Waals surface area contributed by atoms with Crippen molar-refractivity contribution in [2.24, 2.45) is 0 Å². The Morgan fingerprint density at radius 2 is 1.83 bits per heavy atom. The van der Waals surface area contributed by atoms with E-state index in [4.69, 9.17) is 15.5 Å². The molecule has 0 bridgehead atoms. The smallest absolute Gasteiger partial charge is 0.181 e. The lowest BCUT2D eigenvalue weighted by molar-refractivity contribution is 0.313. The first-order valence-corrected chi connectivity index (χ1v) is 14.5. The largest absolute Gasteiger partial charge is 0.453 e. The Morgan fingerprint density at radius 3 is 2.66 bits per heavy atom. The molecule has 1 saturated heterocycles. The van der Waals surface area contributed by atoms with Gasteiger partial charge in [0.1, 0.15) is 28.5 Å². The van der Waals surface area contributed by atoms with E-state index in [1.54, 1.807) is 6.07 Å². The van der Waals surface area contributed by atoms with Gasteiger partial charge in [0.15, 0.2) is 16.6 Å². The van der Waals surface area contributed by atoms with Gasteiger partial charge in [-0.25, -0.2) is 14.4 Å². The molecule has 0 atom stereocenters. The van der Waals surface area contributed by atoms with Crippen LogP contribution in [0.5, 0.6) is 11.5 Å². The lowest BCUT2D eigenvalue weighted by atomic mass is 9.90. The maximum atomic E-state index is 14.5. The number of likely N-dealkylation sites (N-methyl/N-ethyl adjacent to an activating group) is 1. The second-order valence-electron chi connectivity index (χ2n) is 10.5. The molecule has 0 unspecified atom stereocenters. The number of pyridine rings is 1. The molecule has 0 spiro atoms. The van der Waals surface area contributed by atoms with Crippen LogP contribution in [0.3, 0.4) is 0 Å². The lowest BCUT2D eigenvalue weighted by Gasteiger charge is -2.32. The van der Waals surface area contributed by atoms with Gasteiger partial charge in [-0.3, -0.25) is 0 Å². The zero-order valence-electron chi connectivity index (χ0n) is 22.6. The minimum absolute atomic E-state index is 0.271. The molecule has 206 valence electrons. The van der Waals surface area contributed by atoms with Crippen molar-refractivity contribution < 1.29 is 9.13 Å². The summed E-state index contributed by atoms with van der Waals surface area (Å²) in [5, 5.41) is 15.1. The number of para-hydroxylation sites is 1. The number of piperazine rings is 1. The van der Waals surface area contributed by atoms with Crippen LogP contribution in [0.4, 0.5) is 15.2 Å². The molecule has 2 aliphatic rings. The quantitative estimate of drug-likeness (QED) is 0.303. The highest BCUT2D eigenvalue weighted by Gasteiger charge is 2.27. The topological polar surface area (TPSA) is 103 Å². The molecule has 8 nitrogen and oxygen atoms in total. The molecule has 2 aliphatic heterocycles. The third-order valence-corrected chi connectivity index (χ3v) is 8.80. The van der Waals surface area contributed by atoms with Crippen molar-refractivity contribution in [2.45, 2.75) is 13.0 Å². The monoisotopic (exact) mass is 565 g/mol. The molecule has 4 heterocycles. The van der Waals surface area contributed by atoms with E-state index in [1.807, 2.05) is 18.2 Å². The molecule has 41 heavy (non-hydrogen) atoms. The Balaban J connectivity index is 1.48. The Kier molecular flexibility index (Phi) is 6.43. The number of nitrogens with zero attached hydrogens (tertiary/aromatic N) is 5. The number of hydrogen-bond donors (Lipinski definition) is 2. The van der Waals surface area contributed by atoms with Crippen molar-refractivity contribution in [1.29, 1.82) is 5.26 Å². The molecule has 0 amide bonds. The summed E-state index contributed by atoms with van der Waals surface area (Å²) in [6.07, 6.45) is 0.881. The number of nitriles is 1. The van der Waals surface area contributed by atoms with E-state index in [9.17, 15) is 9.65 Å². The van der Waals surface area contributed by atoms with Crippen molar-refractivity contribution in [2.75, 3.05) is 50.4 Å². The molecule has 5 aromatic rings. The number of benzene rings is 3. The molecule has 0 saturated carbocycles. The number of aromatic nitrogens is 2. The van der Waals surface area contributed by atoms with Gasteiger partial charge in [0.2, 0.25) is 0 Å². The van der Waals surface area contributed by atoms with E-state index in [0.29, 0.717) is 38.5 Å². The third kappa shape index (κ3) is 4.43. The number of fused-ring (bicyclic) bond motifs is 3. The maximum absolute atomic E-state index is 14.5. The third-order valence-electron chi connectivity index (χ3n) is 7.90. The second-order valence-corrected chi connectivity index (χ2v) is 11.5. The molecule has 3 N–H and O–H groups in total. The van der Waals surface area contributed by atoms with Gasteiger partial charge < -0.3 is 25.6 Å². The van der Waals surface area contributed by atoms with Crippen LogP contribution in [0.1, 0.15) is 16.7 Å². The molecule has 0 aliphatic carbocycles. The van der Waals surface area contributed by atoms with E-state index in [2.05, 4.69) is 51.4 Å². The average molecular weight is 566 g/mol. The average Bonchev–Trinajstić information content (AvgIpc) is 3.40. The van der Waals surface area contributed by atoms with E-state index >= 15 is 0 Å². The number of hydrogen-bond acceptors (Lipinski definition) is 9. The molecule has 2 aromatic heterocycles. The summed E-state index contributed by atoms with van der Waals surface area (Å²) in [6, 6.07) is 17.5. The van der Waals surface area contributed by atoms with Crippen molar-refractivity contribution in [3.63, 3.8) is 0 Å². The van der Waals surface area contributed by atoms with E-state index < -0.39 is 0 Å². The van der Waals surface area contributed by atoms with Crippen LogP contribution in [-0.4, -0.2) is 54.6 Å². The summed E-state index contributed by atoms with van der Waals surface area (Å²) >= 11 is 1.09. The zero-order valence-corrected chi connectivity index (χ0v) is 23.4. The Hall–Kier alpha value is -4.30. The molecule has 10 heteroatoms. The first-order valence-electron chi connectivity index (χ1n) is 13.7. The normalized spacial score (nSPS) is 15.7. The van der Waals surface area contributed by atoms with Crippen LogP contribution in [0.15, 0.2) is 48.5 Å². The van der Waals surface area contributed by atoms with Crippen LogP contribution >= 0.6 is 11.3 Å². The van der Waals surface area contributed by atoms with E-state index in [-0.39, 0.29) is 10.9 Å². The van der Waals surface area contributed by atoms with Crippen LogP contribution in [0, 0.1) is 17.1 Å². The minimum atomic E-state index is -0.390. The molecule has 3 aromatic carbocycles. The number of nitrogen functional groups attached to an aromatic ring is 1. The maximum Gasteiger partial charge on any atom is 0.181 e. The van der Waals surface area contributed by atoms with Crippen LogP contribution in [0.2, 0.25) is 0 Å². The van der Waals surface area contributed by atoms with Gasteiger partial charge in [-0.2, -0.15) is 5.26 Å². The summed E-state index contributed by atoms with van der Waals surface area (Å²) in [6.45, 7) is 4.99. The van der Waals surface area contributed by atoms with Gasteiger partial charge in [-0.15, -0.1) is 0 Å². The number of halogens is 1. The number of anilines is 2. The first-order chi connectivity index (χ1) is 20.0. The Morgan fingerprint density at radius 1 is 1.02 bits per heavy atom. The van der Waals surface area contributed by atoms with Gasteiger partial charge in [0.25, 0.3) is 0 Å². The SMILES string of the molecule is CN1CCc2c(cccc2-c2nc3c(Oc4ccc(F)c5sc(N)nc45)cccc3c(N3CCNCC3)c2C#N)C1. The van der Waals surface area contributed by atoms with E-state index in [0.717, 1.165) is 73.7 Å². The number of nitrogens with one attached hydrogen (secondary N) is 1. The number of ether oxygens (including phenoxy) is 1. The van der Waals surface area contributed by atoms with Crippen LogP contribution in [0.25, 0.3) is 32.4 Å². The van der Waals surface area contributed by atoms with Crippen molar-refractivity contribution in [3.8, 4) is 28.8 Å². The van der Waals surface area contributed by atoms with Gasteiger partial charge >= 0.3 is 0 Å². The Bertz CT molecular complexity index is 1860. The van der Waals surface area contributed by atoms with Crippen LogP contribution < -0.4 is 20.7 Å². The van der Waals surface area contributed by atoms with E-state index in [1.165, 1.54) is 17.2 Å². The number of thiazole rings is 1. The predicted molar refractivity (Wildman–Crippen MR) is 161 cm³/mol. The molecule has 0 radical (unpaired) electrons. The molecule has 1 fully saturated rings. The standard InChI is InChI=1S/C31H28FN7OS/c1-38-13-10-19-18(17-38)4-2-5-20(19)26-22(16-33)29(39-14-11-35-12-15-39)21-6-3-7-24(27(21)36-26)40-25-9-8-23(32)30-28(25)37-31(34)41-30/h2-9,35H,10-15,17H2,1H3,(H2,34,37). The number of rotatable bonds is 4. The van der Waals surface area contributed by atoms with Crippen LogP contribution in [-0.2, 0) is 13.0 Å². The van der Waals surface area contributed by atoms with Crippen molar-refractivity contribution in [1.82, 2.24) is 20.2 Å². The lowest BCUT2D eigenvalue weighted by Crippen LogP contribution is -2.44. The highest BCUT2D eigenvalue weighted by atomic mass is 32.1. The summed E-state index contributed by atoms with van der Waals surface area (Å²) in [5.74, 6) is 0.520. The highest BCUT2D eigenvalue weighted by molar-refractivity contribution is 7.22. The fourth-order valence-electron chi connectivity index (χ4n) is 5.99. The fraction of sp³-hybridized carbons (Fsp3) is 0.258. The summed E-state index contributed by atoms with van der Waals surface area (Å²) < 4.78 is 21.3. The van der Waals surface area contributed by atoms with Gasteiger partial charge in [-0.05, 0) is 42.8 Å². The Labute approximate surface area is 240 Å². The summed E-state index contributed by atoms with van der Waals surface area (Å²) in [5.41, 5.74) is 12.5. The van der Waals surface area contributed by atoms with Gasteiger partial charge in [0.05, 0.1) is 16.1 Å². The highest BCUT2D eigenvalue weighted by Crippen LogP contribution is 2.43. The zero-order chi connectivity index (χ0) is 28.1. The van der Waals surface area contributed by atoms with Gasteiger partial charge in [-0.1, -0.05) is 41.7 Å². The predicted octanol–water partition coefficient (Wildman–Crippen LogP) is 5.29. The molecular formula is C31H28FN7OS. The fourth-order valence-corrected chi connectivity index (χ4v) is 6.74. The minimum Gasteiger partial charge on any atom is -0.453 e. The summed E-state index contributed by atoms with van der Waals surface area (Å²) in [7, 11) is 2.12. The van der Waals surface area contributed by atoms with Gasteiger partial charge in [0, 0.05) is 50.2 Å². The number of nitrogens with two attached hydrogens (primary N) is 1. The second kappa shape index (κ2) is 10.3. The summed E-state index contributed by atoms with van der Waals surface area (Å²) in [4.78, 5) is 14.1. The molecule has 7 rings (SSSR count). The molecular weight excluding hydrogens is 537 g/mol. The first kappa shape index (κ1) is 25.7.